The van der Waals surface area contributed by atoms with Crippen LogP contribution in [0.4, 0.5) is 0 Å². The maximum absolute atomic E-state index is 12.9. The Balaban J connectivity index is 1.72. The molecule has 6 nitrogen and oxygen atoms in total. The summed E-state index contributed by atoms with van der Waals surface area (Å²) in [5.41, 5.74) is 0.696. The third-order valence-corrected chi connectivity index (χ3v) is 4.48. The maximum atomic E-state index is 12.9. The van der Waals surface area contributed by atoms with Crippen LogP contribution >= 0.6 is 0 Å². The molecule has 0 aliphatic carbocycles. The molecule has 0 spiro atoms. The number of hydrogen-bond acceptors (Lipinski definition) is 5. The second-order valence-corrected chi connectivity index (χ2v) is 6.24. The standard InChI is InChI=1S/C18H25N3O3/c1-3-10-21(14-6-8-19-9-7-14)17(22)12-15-13(2)24-18(20-15)16-5-4-11-23-16/h4-5,11,14,19H,3,6-10,12H2,1-2H3. The molecule has 1 fully saturated rings. The van der Waals surface area contributed by atoms with Crippen molar-refractivity contribution in [1.29, 1.82) is 0 Å². The Morgan fingerprint density at radius 3 is 2.88 bits per heavy atom. The quantitative estimate of drug-likeness (QED) is 0.881. The van der Waals surface area contributed by atoms with Gasteiger partial charge in [-0.1, -0.05) is 6.92 Å². The molecule has 3 rings (SSSR count). The molecule has 0 radical (unpaired) electrons. The van der Waals surface area contributed by atoms with E-state index in [1.807, 2.05) is 11.8 Å². The predicted octanol–water partition coefficient (Wildman–Crippen LogP) is 2.78. The van der Waals surface area contributed by atoms with E-state index >= 15 is 0 Å². The number of nitrogens with zero attached hydrogens (tertiary/aromatic N) is 2. The van der Waals surface area contributed by atoms with Gasteiger partial charge in [-0.3, -0.25) is 4.79 Å². The number of carbonyl (C=O) groups excluding carboxylic acids is 1. The zero-order valence-corrected chi connectivity index (χ0v) is 14.4. The molecule has 3 heterocycles. The van der Waals surface area contributed by atoms with Crippen LogP contribution in [0.15, 0.2) is 27.2 Å². The molecule has 1 aliphatic rings. The number of oxazole rings is 1. The van der Waals surface area contributed by atoms with E-state index in [0.717, 1.165) is 38.9 Å². The number of piperidine rings is 1. The van der Waals surface area contributed by atoms with Gasteiger partial charge in [-0.2, -0.15) is 0 Å². The number of rotatable bonds is 6. The summed E-state index contributed by atoms with van der Waals surface area (Å²) in [6.07, 6.45) is 4.85. The van der Waals surface area contributed by atoms with Crippen molar-refractivity contribution in [3.63, 3.8) is 0 Å². The van der Waals surface area contributed by atoms with Gasteiger partial charge in [0.25, 0.3) is 5.89 Å². The molecular formula is C18H25N3O3. The van der Waals surface area contributed by atoms with Gasteiger partial charge in [0.05, 0.1) is 18.4 Å². The van der Waals surface area contributed by atoms with E-state index in [-0.39, 0.29) is 12.3 Å². The van der Waals surface area contributed by atoms with Crippen molar-refractivity contribution in [3.05, 3.63) is 29.9 Å². The fourth-order valence-corrected chi connectivity index (χ4v) is 3.21. The van der Waals surface area contributed by atoms with Crippen LogP contribution in [0.3, 0.4) is 0 Å². The van der Waals surface area contributed by atoms with E-state index in [2.05, 4.69) is 17.2 Å². The van der Waals surface area contributed by atoms with Crippen molar-refractivity contribution in [1.82, 2.24) is 15.2 Å². The van der Waals surface area contributed by atoms with Gasteiger partial charge in [0.2, 0.25) is 5.91 Å². The molecular weight excluding hydrogens is 306 g/mol. The first-order chi connectivity index (χ1) is 11.7. The summed E-state index contributed by atoms with van der Waals surface area (Å²) in [5.74, 6) is 1.83. The highest BCUT2D eigenvalue weighted by atomic mass is 16.4. The lowest BCUT2D eigenvalue weighted by Crippen LogP contribution is -2.47. The molecule has 6 heteroatoms. The third kappa shape index (κ3) is 3.70. The van der Waals surface area contributed by atoms with Crippen molar-refractivity contribution in [2.75, 3.05) is 19.6 Å². The van der Waals surface area contributed by atoms with E-state index in [4.69, 9.17) is 8.83 Å². The second kappa shape index (κ2) is 7.66. The molecule has 1 amide bonds. The van der Waals surface area contributed by atoms with Crippen LogP contribution < -0.4 is 5.32 Å². The van der Waals surface area contributed by atoms with Crippen molar-refractivity contribution in [2.45, 2.75) is 45.6 Å². The monoisotopic (exact) mass is 331 g/mol. The molecule has 0 unspecified atom stereocenters. The first-order valence-corrected chi connectivity index (χ1v) is 8.69. The molecule has 24 heavy (non-hydrogen) atoms. The number of aryl methyl sites for hydroxylation is 1. The van der Waals surface area contributed by atoms with Crippen LogP contribution in [0, 0.1) is 6.92 Å². The van der Waals surface area contributed by atoms with Gasteiger partial charge >= 0.3 is 0 Å². The van der Waals surface area contributed by atoms with Crippen LogP contribution in [0.5, 0.6) is 0 Å². The van der Waals surface area contributed by atoms with Gasteiger partial charge in [0, 0.05) is 12.6 Å². The Labute approximate surface area is 142 Å². The van der Waals surface area contributed by atoms with E-state index < -0.39 is 0 Å². The van der Waals surface area contributed by atoms with Crippen molar-refractivity contribution >= 4 is 5.91 Å². The number of carbonyl (C=O) groups is 1. The fourth-order valence-electron chi connectivity index (χ4n) is 3.21. The number of furan rings is 1. The molecule has 0 aromatic carbocycles. The fraction of sp³-hybridized carbons (Fsp3) is 0.556. The number of hydrogen-bond donors (Lipinski definition) is 1. The summed E-state index contributed by atoms with van der Waals surface area (Å²) < 4.78 is 11.0. The molecule has 130 valence electrons. The lowest BCUT2D eigenvalue weighted by molar-refractivity contribution is -0.133. The number of amides is 1. The molecule has 0 bridgehead atoms. The summed E-state index contributed by atoms with van der Waals surface area (Å²) in [4.78, 5) is 19.3. The molecule has 2 aromatic heterocycles. The van der Waals surface area contributed by atoms with Gasteiger partial charge < -0.3 is 19.1 Å². The highest BCUT2D eigenvalue weighted by molar-refractivity contribution is 5.79. The van der Waals surface area contributed by atoms with Gasteiger partial charge in [0.1, 0.15) is 5.76 Å². The van der Waals surface area contributed by atoms with Gasteiger partial charge in [0.15, 0.2) is 5.76 Å². The Hall–Kier alpha value is -2.08. The van der Waals surface area contributed by atoms with Crippen LogP contribution in [-0.4, -0.2) is 41.5 Å². The van der Waals surface area contributed by atoms with E-state index in [9.17, 15) is 4.79 Å². The Morgan fingerprint density at radius 2 is 2.21 bits per heavy atom. The maximum Gasteiger partial charge on any atom is 0.263 e. The minimum Gasteiger partial charge on any atom is -0.459 e. The largest absolute Gasteiger partial charge is 0.459 e. The molecule has 0 saturated carbocycles. The highest BCUT2D eigenvalue weighted by Gasteiger charge is 2.26. The summed E-state index contributed by atoms with van der Waals surface area (Å²) in [6, 6.07) is 3.92. The van der Waals surface area contributed by atoms with E-state index in [0.29, 0.717) is 29.1 Å². The zero-order chi connectivity index (χ0) is 16.9. The second-order valence-electron chi connectivity index (χ2n) is 6.24. The average molecular weight is 331 g/mol. The molecule has 1 aliphatic heterocycles. The van der Waals surface area contributed by atoms with Crippen molar-refractivity contribution in [2.24, 2.45) is 0 Å². The average Bonchev–Trinajstić information content (AvgIpc) is 3.24. The van der Waals surface area contributed by atoms with E-state index in [1.165, 1.54) is 0 Å². The summed E-state index contributed by atoms with van der Waals surface area (Å²) in [7, 11) is 0. The highest BCUT2D eigenvalue weighted by Crippen LogP contribution is 2.23. The molecule has 2 aromatic rings. The minimum absolute atomic E-state index is 0.131. The first-order valence-electron chi connectivity index (χ1n) is 8.69. The number of nitrogens with one attached hydrogen (secondary N) is 1. The minimum atomic E-state index is 0.131. The van der Waals surface area contributed by atoms with Gasteiger partial charge in [-0.15, -0.1) is 0 Å². The smallest absolute Gasteiger partial charge is 0.263 e. The van der Waals surface area contributed by atoms with Gasteiger partial charge in [-0.05, 0) is 51.4 Å². The van der Waals surface area contributed by atoms with Gasteiger partial charge in [-0.25, -0.2) is 4.98 Å². The van der Waals surface area contributed by atoms with Crippen LogP contribution in [0.1, 0.15) is 37.6 Å². The van der Waals surface area contributed by atoms with Crippen LogP contribution in [0.2, 0.25) is 0 Å². The molecule has 1 N–H and O–H groups in total. The normalized spacial score (nSPS) is 15.6. The summed E-state index contributed by atoms with van der Waals surface area (Å²) >= 11 is 0. The topological polar surface area (TPSA) is 71.5 Å². The van der Waals surface area contributed by atoms with Crippen LogP contribution in [-0.2, 0) is 11.2 Å². The zero-order valence-electron chi connectivity index (χ0n) is 14.4. The van der Waals surface area contributed by atoms with Crippen molar-refractivity contribution in [3.8, 4) is 11.7 Å². The Bertz CT molecular complexity index is 657. The number of aromatic nitrogens is 1. The first kappa shape index (κ1) is 16.8. The third-order valence-electron chi connectivity index (χ3n) is 4.48. The Morgan fingerprint density at radius 1 is 1.42 bits per heavy atom. The van der Waals surface area contributed by atoms with E-state index in [1.54, 1.807) is 18.4 Å². The van der Waals surface area contributed by atoms with Crippen LogP contribution in [0.25, 0.3) is 11.7 Å². The molecule has 1 saturated heterocycles. The summed E-state index contributed by atoms with van der Waals surface area (Å²) in [6.45, 7) is 6.70. The lowest BCUT2D eigenvalue weighted by atomic mass is 10.0. The predicted molar refractivity (Wildman–Crippen MR) is 90.5 cm³/mol. The van der Waals surface area contributed by atoms with Crippen molar-refractivity contribution < 1.29 is 13.6 Å². The summed E-state index contributed by atoms with van der Waals surface area (Å²) in [5, 5.41) is 3.35. The lowest BCUT2D eigenvalue weighted by Gasteiger charge is -2.34. The molecule has 0 atom stereocenters. The SMILES string of the molecule is CCCN(C(=O)Cc1nc(-c2ccco2)oc1C)C1CCNCC1. The Kier molecular flexibility index (Phi) is 5.35.